The Balaban J connectivity index is 1.98. The van der Waals surface area contributed by atoms with Crippen LogP contribution >= 0.6 is 0 Å². The summed E-state index contributed by atoms with van der Waals surface area (Å²) in [4.78, 5) is 10.6. The van der Waals surface area contributed by atoms with E-state index in [2.05, 4.69) is 18.4 Å². The fraction of sp³-hybridized carbons (Fsp3) is 0.211. The predicted molar refractivity (Wildman–Crippen MR) is 89.9 cm³/mol. The minimum atomic E-state index is 0.268. The van der Waals surface area contributed by atoms with E-state index >= 15 is 0 Å². The quantitative estimate of drug-likeness (QED) is 0.723. The lowest BCUT2D eigenvalue weighted by Gasteiger charge is -2.12. The lowest BCUT2D eigenvalue weighted by molar-refractivity contribution is -0.120. The van der Waals surface area contributed by atoms with Crippen LogP contribution in [0.5, 0.6) is 11.5 Å². The lowest BCUT2D eigenvalue weighted by Crippen LogP contribution is -2.00. The van der Waals surface area contributed by atoms with Gasteiger partial charge in [-0.3, -0.25) is 4.79 Å². The van der Waals surface area contributed by atoms with Crippen LogP contribution in [0, 0.1) is 0 Å². The van der Waals surface area contributed by atoms with Gasteiger partial charge in [0, 0.05) is 18.1 Å². The zero-order valence-electron chi connectivity index (χ0n) is 13.2. The molecule has 0 saturated carbocycles. The van der Waals surface area contributed by atoms with Gasteiger partial charge in [-0.15, -0.1) is 0 Å². The first-order chi connectivity index (χ1) is 11.1. The first kappa shape index (κ1) is 15.2. The van der Waals surface area contributed by atoms with Crippen molar-refractivity contribution >= 4 is 17.4 Å². The van der Waals surface area contributed by atoms with Crippen LogP contribution in [-0.2, 0) is 11.3 Å². The lowest BCUT2D eigenvalue weighted by atomic mass is 9.99. The Morgan fingerprint density at radius 3 is 2.78 bits per heavy atom. The van der Waals surface area contributed by atoms with Crippen LogP contribution in [0.3, 0.4) is 0 Å². The molecule has 4 heteroatoms. The molecule has 4 nitrogen and oxygen atoms in total. The van der Waals surface area contributed by atoms with Gasteiger partial charge in [0.1, 0.15) is 11.5 Å². The second kappa shape index (κ2) is 6.16. The summed E-state index contributed by atoms with van der Waals surface area (Å²) in [5, 5.41) is 10.8. The highest BCUT2D eigenvalue weighted by molar-refractivity contribution is 5.87. The van der Waals surface area contributed by atoms with E-state index in [0.29, 0.717) is 24.5 Å². The fourth-order valence-electron chi connectivity index (χ4n) is 2.85. The molecule has 0 fully saturated rings. The van der Waals surface area contributed by atoms with Crippen molar-refractivity contribution in [2.45, 2.75) is 26.3 Å². The third kappa shape index (κ3) is 2.93. The summed E-state index contributed by atoms with van der Waals surface area (Å²) in [6.07, 6.45) is 1.98. The van der Waals surface area contributed by atoms with Gasteiger partial charge in [0.05, 0.1) is 5.52 Å². The van der Waals surface area contributed by atoms with Gasteiger partial charge in [-0.2, -0.15) is 0 Å². The van der Waals surface area contributed by atoms with Gasteiger partial charge < -0.3 is 14.4 Å². The average molecular weight is 309 g/mol. The number of carbonyl (C=O) groups excluding carboxylic acids is 1. The first-order valence-electron chi connectivity index (χ1n) is 7.60. The summed E-state index contributed by atoms with van der Waals surface area (Å²) < 4.78 is 7.12. The minimum Gasteiger partial charge on any atom is -0.508 e. The number of nitrogens with zero attached hydrogens (tertiary/aromatic N) is 1. The average Bonchev–Trinajstić information content (AvgIpc) is 2.93. The van der Waals surface area contributed by atoms with Crippen LogP contribution in [0.4, 0.5) is 0 Å². The summed E-state index contributed by atoms with van der Waals surface area (Å²) in [7, 11) is 0. The van der Waals surface area contributed by atoms with Crippen molar-refractivity contribution in [1.29, 1.82) is 0 Å². The summed E-state index contributed by atoms with van der Waals surface area (Å²) >= 11 is 0. The molecule has 2 aromatic carbocycles. The van der Waals surface area contributed by atoms with E-state index in [0.717, 1.165) is 22.0 Å². The number of ether oxygens (including phenoxy) is 1. The van der Waals surface area contributed by atoms with Crippen molar-refractivity contribution in [2.24, 2.45) is 0 Å². The third-order valence-corrected chi connectivity index (χ3v) is 4.02. The molecule has 1 N–H and O–H groups in total. The van der Waals surface area contributed by atoms with E-state index in [1.54, 1.807) is 12.1 Å². The van der Waals surface area contributed by atoms with E-state index in [4.69, 9.17) is 4.74 Å². The Kier molecular flexibility index (Phi) is 4.06. The second-order valence-electron chi connectivity index (χ2n) is 5.89. The van der Waals surface area contributed by atoms with Crippen LogP contribution in [0.2, 0.25) is 0 Å². The van der Waals surface area contributed by atoms with Gasteiger partial charge in [-0.25, -0.2) is 0 Å². The first-order valence-corrected chi connectivity index (χ1v) is 7.60. The molecule has 118 valence electrons. The van der Waals surface area contributed by atoms with Crippen molar-refractivity contribution in [3.05, 3.63) is 59.8 Å². The third-order valence-electron chi connectivity index (χ3n) is 4.02. The van der Waals surface area contributed by atoms with Crippen molar-refractivity contribution in [1.82, 2.24) is 4.57 Å². The number of hydrogen-bond donors (Lipinski definition) is 1. The van der Waals surface area contributed by atoms with Gasteiger partial charge in [-0.1, -0.05) is 32.0 Å². The summed E-state index contributed by atoms with van der Waals surface area (Å²) in [5.41, 5.74) is 3.07. The van der Waals surface area contributed by atoms with Gasteiger partial charge in [0.2, 0.25) is 0 Å². The number of fused-ring (bicyclic) bond motifs is 1. The molecular weight excluding hydrogens is 290 g/mol. The molecule has 1 heterocycles. The number of benzene rings is 2. The zero-order valence-corrected chi connectivity index (χ0v) is 13.2. The monoisotopic (exact) mass is 309 g/mol. The predicted octanol–water partition coefficient (Wildman–Crippen LogP) is 4.05. The molecule has 0 saturated heterocycles. The van der Waals surface area contributed by atoms with E-state index < -0.39 is 0 Å². The number of rotatable bonds is 5. The van der Waals surface area contributed by atoms with E-state index in [1.165, 1.54) is 0 Å². The highest BCUT2D eigenvalue weighted by Crippen LogP contribution is 2.29. The number of phenols is 1. The molecule has 0 aliphatic rings. The van der Waals surface area contributed by atoms with Crippen LogP contribution in [0.15, 0.2) is 48.7 Å². The summed E-state index contributed by atoms with van der Waals surface area (Å²) in [6, 6.07) is 13.3. The SMILES string of the molecule is CC(C)c1cc(Cn2ccc3c(OC=O)cccc32)ccc1O. The molecule has 0 bridgehead atoms. The highest BCUT2D eigenvalue weighted by atomic mass is 16.5. The van der Waals surface area contributed by atoms with Crippen LogP contribution < -0.4 is 4.74 Å². The smallest absolute Gasteiger partial charge is 0.298 e. The molecule has 0 aliphatic heterocycles. The number of phenolic OH excluding ortho intramolecular Hbond substituents is 1. The van der Waals surface area contributed by atoms with E-state index in [1.807, 2.05) is 36.5 Å². The number of aromatic nitrogens is 1. The molecule has 23 heavy (non-hydrogen) atoms. The van der Waals surface area contributed by atoms with Gasteiger partial charge >= 0.3 is 0 Å². The van der Waals surface area contributed by atoms with Gasteiger partial charge in [-0.05, 0) is 41.3 Å². The molecule has 0 unspecified atom stereocenters. The summed E-state index contributed by atoms with van der Waals surface area (Å²) in [5.74, 6) is 1.16. The van der Waals surface area contributed by atoms with Gasteiger partial charge in [0.15, 0.2) is 0 Å². The van der Waals surface area contributed by atoms with Crippen LogP contribution in [-0.4, -0.2) is 16.1 Å². The van der Waals surface area contributed by atoms with E-state index in [-0.39, 0.29) is 5.92 Å². The molecule has 0 spiro atoms. The molecule has 0 radical (unpaired) electrons. The fourth-order valence-corrected chi connectivity index (χ4v) is 2.85. The molecule has 1 aromatic heterocycles. The maximum Gasteiger partial charge on any atom is 0.298 e. The minimum absolute atomic E-state index is 0.268. The van der Waals surface area contributed by atoms with Crippen molar-refractivity contribution < 1.29 is 14.6 Å². The Hall–Kier alpha value is -2.75. The van der Waals surface area contributed by atoms with Crippen molar-refractivity contribution in [2.75, 3.05) is 0 Å². The second-order valence-corrected chi connectivity index (χ2v) is 5.89. The summed E-state index contributed by atoms with van der Waals surface area (Å²) in [6.45, 7) is 5.26. The zero-order chi connectivity index (χ0) is 16.4. The largest absolute Gasteiger partial charge is 0.508 e. The van der Waals surface area contributed by atoms with Gasteiger partial charge in [0.25, 0.3) is 6.47 Å². The standard InChI is InChI=1S/C19H19NO3/c1-13(2)16-10-14(6-7-18(16)22)11-20-9-8-15-17(20)4-3-5-19(15)23-12-21/h3-10,12-13,22H,11H2,1-2H3. The molecule has 3 aromatic rings. The molecular formula is C19H19NO3. The van der Waals surface area contributed by atoms with Crippen LogP contribution in [0.1, 0.15) is 30.9 Å². The van der Waals surface area contributed by atoms with Crippen molar-refractivity contribution in [3.63, 3.8) is 0 Å². The maximum atomic E-state index is 10.6. The molecule has 0 amide bonds. The maximum absolute atomic E-state index is 10.6. The Bertz CT molecular complexity index is 849. The normalized spacial score (nSPS) is 11.1. The Morgan fingerprint density at radius 2 is 2.04 bits per heavy atom. The Morgan fingerprint density at radius 1 is 1.22 bits per heavy atom. The van der Waals surface area contributed by atoms with E-state index in [9.17, 15) is 9.90 Å². The molecule has 0 atom stereocenters. The number of aromatic hydroxyl groups is 1. The molecule has 0 aliphatic carbocycles. The van der Waals surface area contributed by atoms with Crippen LogP contribution in [0.25, 0.3) is 10.9 Å². The highest BCUT2D eigenvalue weighted by Gasteiger charge is 2.10. The topological polar surface area (TPSA) is 51.5 Å². The van der Waals surface area contributed by atoms with Crippen molar-refractivity contribution in [3.8, 4) is 11.5 Å². The Labute approximate surface area is 134 Å². The molecule has 3 rings (SSSR count). The number of hydrogen-bond acceptors (Lipinski definition) is 3. The number of carbonyl (C=O) groups is 1.